The average molecular weight is 226 g/mol. The van der Waals surface area contributed by atoms with Crippen LogP contribution >= 0.6 is 0 Å². The maximum Gasteiger partial charge on any atom is 0.226 e. The van der Waals surface area contributed by atoms with Crippen LogP contribution in [-0.4, -0.2) is 30.4 Å². The van der Waals surface area contributed by atoms with Crippen LogP contribution in [-0.2, 0) is 4.79 Å². The molecule has 0 aromatic carbocycles. The average Bonchev–Trinajstić information content (AvgIpc) is 2.76. The summed E-state index contributed by atoms with van der Waals surface area (Å²) in [7, 11) is 1.95. The molecule has 0 aromatic heterocycles. The number of hydrogen-bond donors (Lipinski definition) is 1. The summed E-state index contributed by atoms with van der Waals surface area (Å²) in [6.07, 6.45) is 5.77. The quantitative estimate of drug-likeness (QED) is 0.779. The van der Waals surface area contributed by atoms with E-state index in [1.807, 2.05) is 11.9 Å². The molecule has 16 heavy (non-hydrogen) atoms. The molecule has 1 saturated carbocycles. The SMILES string of the molecule is CC(C)CC(CN)C(=O)N(C)C1CCCC1. The van der Waals surface area contributed by atoms with Crippen LogP contribution in [0.15, 0.2) is 0 Å². The summed E-state index contributed by atoms with van der Waals surface area (Å²) >= 11 is 0. The van der Waals surface area contributed by atoms with Crippen molar-refractivity contribution in [2.75, 3.05) is 13.6 Å². The molecule has 2 N–H and O–H groups in total. The van der Waals surface area contributed by atoms with E-state index in [9.17, 15) is 4.79 Å². The standard InChI is InChI=1S/C13H26N2O/c1-10(2)8-11(9-14)13(16)15(3)12-6-4-5-7-12/h10-12H,4-9,14H2,1-3H3. The molecule has 1 aliphatic rings. The summed E-state index contributed by atoms with van der Waals surface area (Å²) in [4.78, 5) is 14.2. The topological polar surface area (TPSA) is 46.3 Å². The zero-order chi connectivity index (χ0) is 12.1. The van der Waals surface area contributed by atoms with Gasteiger partial charge in [-0.25, -0.2) is 0 Å². The fourth-order valence-corrected chi connectivity index (χ4v) is 2.63. The number of nitrogens with zero attached hydrogens (tertiary/aromatic N) is 1. The van der Waals surface area contributed by atoms with Crippen LogP contribution in [0.5, 0.6) is 0 Å². The molecule has 1 aliphatic carbocycles. The van der Waals surface area contributed by atoms with Crippen molar-refractivity contribution in [3.8, 4) is 0 Å². The van der Waals surface area contributed by atoms with Crippen LogP contribution < -0.4 is 5.73 Å². The molecule has 0 spiro atoms. The summed E-state index contributed by atoms with van der Waals surface area (Å²) in [5, 5.41) is 0. The molecule has 0 aliphatic heterocycles. The lowest BCUT2D eigenvalue weighted by Crippen LogP contribution is -2.42. The third-order valence-corrected chi connectivity index (χ3v) is 3.61. The first-order valence-corrected chi connectivity index (χ1v) is 6.53. The third kappa shape index (κ3) is 3.48. The van der Waals surface area contributed by atoms with Crippen molar-refractivity contribution < 1.29 is 4.79 Å². The second-order valence-electron chi connectivity index (χ2n) is 5.45. The minimum Gasteiger partial charge on any atom is -0.342 e. The smallest absolute Gasteiger partial charge is 0.226 e. The van der Waals surface area contributed by atoms with Gasteiger partial charge in [0.1, 0.15) is 0 Å². The highest BCUT2D eigenvalue weighted by Gasteiger charge is 2.28. The molecule has 3 nitrogen and oxygen atoms in total. The molecule has 0 saturated heterocycles. The van der Waals surface area contributed by atoms with Gasteiger partial charge in [0.05, 0.1) is 5.92 Å². The highest BCUT2D eigenvalue weighted by atomic mass is 16.2. The molecular formula is C13H26N2O. The molecule has 3 heteroatoms. The Morgan fingerprint density at radius 2 is 1.94 bits per heavy atom. The minimum absolute atomic E-state index is 0.0191. The van der Waals surface area contributed by atoms with Crippen LogP contribution in [0.4, 0.5) is 0 Å². The number of carbonyl (C=O) groups is 1. The molecule has 0 heterocycles. The van der Waals surface area contributed by atoms with E-state index in [-0.39, 0.29) is 11.8 Å². The third-order valence-electron chi connectivity index (χ3n) is 3.61. The van der Waals surface area contributed by atoms with E-state index >= 15 is 0 Å². The Morgan fingerprint density at radius 3 is 2.38 bits per heavy atom. The number of nitrogens with two attached hydrogens (primary N) is 1. The lowest BCUT2D eigenvalue weighted by atomic mass is 9.95. The van der Waals surface area contributed by atoms with Crippen molar-refractivity contribution in [3.63, 3.8) is 0 Å². The van der Waals surface area contributed by atoms with E-state index in [2.05, 4.69) is 13.8 Å². The predicted molar refractivity (Wildman–Crippen MR) is 67.0 cm³/mol. The molecule has 94 valence electrons. The van der Waals surface area contributed by atoms with E-state index in [0.29, 0.717) is 18.5 Å². The van der Waals surface area contributed by atoms with E-state index in [4.69, 9.17) is 5.73 Å². The Kier molecular flexibility index (Phi) is 5.26. The van der Waals surface area contributed by atoms with Crippen LogP contribution in [0.25, 0.3) is 0 Å². The normalized spacial score (nSPS) is 19.1. The molecule has 0 bridgehead atoms. The molecule has 1 unspecified atom stereocenters. The summed E-state index contributed by atoms with van der Waals surface area (Å²) in [5.74, 6) is 0.808. The summed E-state index contributed by atoms with van der Waals surface area (Å²) in [5.41, 5.74) is 5.71. The molecule has 0 radical (unpaired) electrons. The first-order chi connectivity index (χ1) is 7.56. The Labute approximate surface area is 99.4 Å². The second-order valence-corrected chi connectivity index (χ2v) is 5.45. The van der Waals surface area contributed by atoms with Crippen LogP contribution in [0.2, 0.25) is 0 Å². The van der Waals surface area contributed by atoms with Crippen molar-refractivity contribution in [1.29, 1.82) is 0 Å². The number of amides is 1. The minimum atomic E-state index is 0.0191. The Hall–Kier alpha value is -0.570. The van der Waals surface area contributed by atoms with Gasteiger partial charge in [0.15, 0.2) is 0 Å². The number of hydrogen-bond acceptors (Lipinski definition) is 2. The summed E-state index contributed by atoms with van der Waals surface area (Å²) in [6.45, 7) is 4.77. The first-order valence-electron chi connectivity index (χ1n) is 6.53. The van der Waals surface area contributed by atoms with Gasteiger partial charge in [0.2, 0.25) is 5.91 Å². The van der Waals surface area contributed by atoms with Gasteiger partial charge in [-0.1, -0.05) is 26.7 Å². The van der Waals surface area contributed by atoms with Gasteiger partial charge in [-0.2, -0.15) is 0 Å². The van der Waals surface area contributed by atoms with Crippen molar-refractivity contribution in [1.82, 2.24) is 4.90 Å². The van der Waals surface area contributed by atoms with E-state index in [0.717, 1.165) is 6.42 Å². The molecular weight excluding hydrogens is 200 g/mol. The second kappa shape index (κ2) is 6.24. The van der Waals surface area contributed by atoms with Crippen LogP contribution in [0.3, 0.4) is 0 Å². The summed E-state index contributed by atoms with van der Waals surface area (Å²) in [6, 6.07) is 0.466. The lowest BCUT2D eigenvalue weighted by molar-refractivity contribution is -0.136. The van der Waals surface area contributed by atoms with Gasteiger partial charge in [-0.3, -0.25) is 4.79 Å². The Bertz CT molecular complexity index is 218. The molecule has 1 atom stereocenters. The van der Waals surface area contributed by atoms with Gasteiger partial charge in [-0.05, 0) is 25.2 Å². The zero-order valence-electron chi connectivity index (χ0n) is 10.9. The number of carbonyl (C=O) groups excluding carboxylic acids is 1. The van der Waals surface area contributed by atoms with Gasteiger partial charge in [0, 0.05) is 19.6 Å². The highest BCUT2D eigenvalue weighted by Crippen LogP contribution is 2.24. The summed E-state index contributed by atoms with van der Waals surface area (Å²) < 4.78 is 0. The monoisotopic (exact) mass is 226 g/mol. The Balaban J connectivity index is 2.52. The largest absolute Gasteiger partial charge is 0.342 e. The van der Waals surface area contributed by atoms with E-state index < -0.39 is 0 Å². The van der Waals surface area contributed by atoms with E-state index in [1.165, 1.54) is 25.7 Å². The van der Waals surface area contributed by atoms with Crippen molar-refractivity contribution >= 4 is 5.91 Å². The fourth-order valence-electron chi connectivity index (χ4n) is 2.63. The molecule has 0 aromatic rings. The van der Waals surface area contributed by atoms with Gasteiger partial charge >= 0.3 is 0 Å². The maximum atomic E-state index is 12.2. The Morgan fingerprint density at radius 1 is 1.38 bits per heavy atom. The first kappa shape index (κ1) is 13.5. The lowest BCUT2D eigenvalue weighted by Gasteiger charge is -2.29. The maximum absolute atomic E-state index is 12.2. The molecule has 1 fully saturated rings. The number of rotatable bonds is 5. The zero-order valence-corrected chi connectivity index (χ0v) is 10.9. The molecule has 1 amide bonds. The van der Waals surface area contributed by atoms with Gasteiger partial charge in [-0.15, -0.1) is 0 Å². The van der Waals surface area contributed by atoms with Crippen LogP contribution in [0.1, 0.15) is 46.0 Å². The van der Waals surface area contributed by atoms with Gasteiger partial charge in [0.25, 0.3) is 0 Å². The molecule has 1 rings (SSSR count). The van der Waals surface area contributed by atoms with Crippen molar-refractivity contribution in [2.24, 2.45) is 17.6 Å². The van der Waals surface area contributed by atoms with Crippen molar-refractivity contribution in [2.45, 2.75) is 52.0 Å². The van der Waals surface area contributed by atoms with Crippen molar-refractivity contribution in [3.05, 3.63) is 0 Å². The van der Waals surface area contributed by atoms with E-state index in [1.54, 1.807) is 0 Å². The van der Waals surface area contributed by atoms with Crippen LogP contribution in [0, 0.1) is 11.8 Å². The predicted octanol–water partition coefficient (Wildman–Crippen LogP) is 2.01. The fraction of sp³-hybridized carbons (Fsp3) is 0.923. The van der Waals surface area contributed by atoms with Gasteiger partial charge < -0.3 is 10.6 Å². The highest BCUT2D eigenvalue weighted by molar-refractivity contribution is 5.79.